The minimum atomic E-state index is -1.30. The van der Waals surface area contributed by atoms with Gasteiger partial charge in [-0.15, -0.1) is 0 Å². The number of methoxy groups -OCH3 is 1. The lowest BCUT2D eigenvalue weighted by Crippen LogP contribution is -2.37. The molecule has 2 aromatic heterocycles. The van der Waals surface area contributed by atoms with Gasteiger partial charge in [0.15, 0.2) is 11.4 Å². The number of aryl methyl sites for hydroxylation is 1. The maximum absolute atomic E-state index is 16.1. The van der Waals surface area contributed by atoms with E-state index in [1.165, 1.54) is 13.2 Å². The number of H-pyrrole nitrogens is 1. The summed E-state index contributed by atoms with van der Waals surface area (Å²) < 4.78 is 37.7. The molecule has 1 aliphatic rings. The normalized spacial score (nSPS) is 20.7. The smallest absolute Gasteiger partial charge is 0.335 e. The van der Waals surface area contributed by atoms with E-state index in [0.717, 1.165) is 16.9 Å². The van der Waals surface area contributed by atoms with Crippen molar-refractivity contribution in [3.63, 3.8) is 0 Å². The zero-order chi connectivity index (χ0) is 24.4. The number of carbonyl (C=O) groups is 1. The molecule has 1 aliphatic carbocycles. The molecular formula is C26H27F2N3O3. The minimum Gasteiger partial charge on any atom is -0.479 e. The van der Waals surface area contributed by atoms with Gasteiger partial charge >= 0.3 is 5.97 Å². The van der Waals surface area contributed by atoms with Crippen molar-refractivity contribution in [3.05, 3.63) is 58.9 Å². The van der Waals surface area contributed by atoms with Crippen molar-refractivity contribution in [1.29, 1.82) is 0 Å². The number of hydrogen-bond donors (Lipinski definition) is 2. The van der Waals surface area contributed by atoms with E-state index in [1.54, 1.807) is 25.3 Å². The Kier molecular flexibility index (Phi) is 5.24. The number of fused-ring (bicyclic) bond motifs is 2. The summed E-state index contributed by atoms with van der Waals surface area (Å²) in [4.78, 5) is 12.1. The SMILES string of the molecule is CO[C@@]1(C(=O)O)CC[C@@H](c2c(C(C)C)n(-c3ccc(F)c(C)c3)c3cc4cn[nH]c4c(F)c23)C1. The van der Waals surface area contributed by atoms with Gasteiger partial charge in [0.25, 0.3) is 0 Å². The number of halogens is 2. The quantitative estimate of drug-likeness (QED) is 0.380. The van der Waals surface area contributed by atoms with Crippen LogP contribution in [0.15, 0.2) is 30.5 Å². The molecule has 8 heteroatoms. The highest BCUT2D eigenvalue weighted by atomic mass is 19.1. The molecule has 0 saturated heterocycles. The molecule has 2 aromatic carbocycles. The second-order valence-corrected chi connectivity index (χ2v) is 9.58. The molecule has 0 unspecified atom stereocenters. The fourth-order valence-corrected chi connectivity index (χ4v) is 5.60. The van der Waals surface area contributed by atoms with Gasteiger partial charge in [0.05, 0.1) is 11.7 Å². The maximum atomic E-state index is 16.1. The third-order valence-corrected chi connectivity index (χ3v) is 7.29. The summed E-state index contributed by atoms with van der Waals surface area (Å²) in [6.07, 6.45) is 2.73. The van der Waals surface area contributed by atoms with Gasteiger partial charge in [-0.25, -0.2) is 13.6 Å². The average Bonchev–Trinajstić information content (AvgIpc) is 3.51. The molecular weight excluding hydrogens is 440 g/mol. The first-order valence-electron chi connectivity index (χ1n) is 11.4. The number of aromatic nitrogens is 3. The summed E-state index contributed by atoms with van der Waals surface area (Å²) in [5.41, 5.74) is 2.57. The predicted molar refractivity (Wildman–Crippen MR) is 126 cm³/mol. The molecule has 0 bridgehead atoms. The van der Waals surface area contributed by atoms with E-state index in [4.69, 9.17) is 4.74 Å². The van der Waals surface area contributed by atoms with E-state index in [0.29, 0.717) is 40.2 Å². The van der Waals surface area contributed by atoms with Crippen LogP contribution in [0.2, 0.25) is 0 Å². The summed E-state index contributed by atoms with van der Waals surface area (Å²) in [7, 11) is 1.42. The first-order valence-corrected chi connectivity index (χ1v) is 11.4. The summed E-state index contributed by atoms with van der Waals surface area (Å²) >= 11 is 0. The lowest BCUT2D eigenvalue weighted by atomic mass is 9.89. The van der Waals surface area contributed by atoms with Crippen molar-refractivity contribution in [3.8, 4) is 5.69 Å². The molecule has 0 radical (unpaired) electrons. The number of carboxylic acid groups (broad SMARTS) is 1. The second kappa shape index (κ2) is 7.91. The van der Waals surface area contributed by atoms with Gasteiger partial charge < -0.3 is 14.4 Å². The zero-order valence-corrected chi connectivity index (χ0v) is 19.6. The Morgan fingerprint density at radius 2 is 2.09 bits per heavy atom. The standard InChI is InChI=1S/C26H27F2N3O3/c1-13(2)24-20(15-7-8-26(11-15,34-4)25(32)33)21-19(10-16-12-29-30-23(16)22(21)28)31(24)17-5-6-18(27)14(3)9-17/h5-6,9-10,12-13,15H,7-8,11H2,1-4H3,(H,29,30)(H,32,33)/t15-,26+/m1/s1. The van der Waals surface area contributed by atoms with E-state index in [2.05, 4.69) is 10.2 Å². The molecule has 2 atom stereocenters. The Balaban J connectivity index is 1.87. The molecule has 34 heavy (non-hydrogen) atoms. The highest BCUT2D eigenvalue weighted by Gasteiger charge is 2.48. The van der Waals surface area contributed by atoms with Crippen LogP contribution >= 0.6 is 0 Å². The highest BCUT2D eigenvalue weighted by molar-refractivity contribution is 6.00. The molecule has 178 valence electrons. The first kappa shape index (κ1) is 22.5. The number of nitrogens with zero attached hydrogens (tertiary/aromatic N) is 2. The number of aliphatic carboxylic acids is 1. The lowest BCUT2D eigenvalue weighted by Gasteiger charge is -2.23. The highest BCUT2D eigenvalue weighted by Crippen LogP contribution is 2.50. The van der Waals surface area contributed by atoms with Crippen molar-refractivity contribution in [2.24, 2.45) is 0 Å². The third-order valence-electron chi connectivity index (χ3n) is 7.29. The van der Waals surface area contributed by atoms with Crippen molar-refractivity contribution in [2.75, 3.05) is 7.11 Å². The number of aromatic amines is 1. The van der Waals surface area contributed by atoms with E-state index in [9.17, 15) is 14.3 Å². The molecule has 4 aromatic rings. The van der Waals surface area contributed by atoms with Crippen LogP contribution in [-0.4, -0.2) is 38.6 Å². The molecule has 1 saturated carbocycles. The molecule has 2 heterocycles. The largest absolute Gasteiger partial charge is 0.479 e. The molecule has 6 nitrogen and oxygen atoms in total. The number of hydrogen-bond acceptors (Lipinski definition) is 3. The molecule has 5 rings (SSSR count). The lowest BCUT2D eigenvalue weighted by molar-refractivity contribution is -0.161. The summed E-state index contributed by atoms with van der Waals surface area (Å²) in [5.74, 6) is -1.95. The fraction of sp³-hybridized carbons (Fsp3) is 0.385. The second-order valence-electron chi connectivity index (χ2n) is 9.58. The molecule has 2 N–H and O–H groups in total. The van der Waals surface area contributed by atoms with Gasteiger partial charge in [0.1, 0.15) is 11.3 Å². The Hall–Kier alpha value is -3.26. The van der Waals surface area contributed by atoms with Gasteiger partial charge in [-0.2, -0.15) is 5.10 Å². The number of rotatable bonds is 5. The molecule has 0 amide bonds. The van der Waals surface area contributed by atoms with Crippen LogP contribution in [0.25, 0.3) is 27.5 Å². The van der Waals surface area contributed by atoms with Gasteiger partial charge in [-0.3, -0.25) is 5.10 Å². The van der Waals surface area contributed by atoms with Crippen LogP contribution in [0.3, 0.4) is 0 Å². The van der Waals surface area contributed by atoms with Crippen LogP contribution in [-0.2, 0) is 9.53 Å². The number of nitrogens with one attached hydrogen (secondary N) is 1. The molecule has 0 aliphatic heterocycles. The molecule has 1 fully saturated rings. The summed E-state index contributed by atoms with van der Waals surface area (Å²) in [6, 6.07) is 6.76. The van der Waals surface area contributed by atoms with Gasteiger partial charge in [-0.05, 0) is 73.4 Å². The minimum absolute atomic E-state index is 0.00833. The van der Waals surface area contributed by atoms with E-state index >= 15 is 4.39 Å². The van der Waals surface area contributed by atoms with Gasteiger partial charge in [-0.1, -0.05) is 13.8 Å². The monoisotopic (exact) mass is 467 g/mol. The van der Waals surface area contributed by atoms with E-state index in [-0.39, 0.29) is 24.1 Å². The average molecular weight is 468 g/mol. The predicted octanol–water partition coefficient (Wildman–Crippen LogP) is 5.95. The van der Waals surface area contributed by atoms with Crippen LogP contribution in [0, 0.1) is 18.6 Å². The Morgan fingerprint density at radius 1 is 1.32 bits per heavy atom. The summed E-state index contributed by atoms with van der Waals surface area (Å²) in [5, 5.41) is 17.7. The Morgan fingerprint density at radius 3 is 2.71 bits per heavy atom. The Bertz CT molecular complexity index is 1440. The van der Waals surface area contributed by atoms with Gasteiger partial charge in [0.2, 0.25) is 0 Å². The fourth-order valence-electron chi connectivity index (χ4n) is 5.60. The summed E-state index contributed by atoms with van der Waals surface area (Å²) in [6.45, 7) is 5.77. The zero-order valence-electron chi connectivity index (χ0n) is 19.6. The van der Waals surface area contributed by atoms with Crippen LogP contribution in [0.4, 0.5) is 8.78 Å². The van der Waals surface area contributed by atoms with Gasteiger partial charge in [0, 0.05) is 29.3 Å². The number of ether oxygens (including phenoxy) is 1. The van der Waals surface area contributed by atoms with Crippen molar-refractivity contribution >= 4 is 27.8 Å². The topological polar surface area (TPSA) is 80.1 Å². The van der Waals surface area contributed by atoms with Crippen molar-refractivity contribution < 1.29 is 23.4 Å². The van der Waals surface area contributed by atoms with Crippen LogP contribution < -0.4 is 0 Å². The maximum Gasteiger partial charge on any atom is 0.335 e. The number of benzene rings is 2. The van der Waals surface area contributed by atoms with Crippen molar-refractivity contribution in [1.82, 2.24) is 14.8 Å². The number of carboxylic acids is 1. The van der Waals surface area contributed by atoms with E-state index in [1.807, 2.05) is 24.5 Å². The first-order chi connectivity index (χ1) is 16.2. The van der Waals surface area contributed by atoms with Crippen LogP contribution in [0.1, 0.15) is 61.8 Å². The Labute approximate surface area is 195 Å². The molecule has 0 spiro atoms. The van der Waals surface area contributed by atoms with Crippen molar-refractivity contribution in [2.45, 2.75) is 57.5 Å². The van der Waals surface area contributed by atoms with Crippen LogP contribution in [0.5, 0.6) is 0 Å². The third kappa shape index (κ3) is 3.15. The van der Waals surface area contributed by atoms with E-state index < -0.39 is 17.4 Å².